The van der Waals surface area contributed by atoms with E-state index >= 15 is 0 Å². The summed E-state index contributed by atoms with van der Waals surface area (Å²) in [5, 5.41) is 29.2. The summed E-state index contributed by atoms with van der Waals surface area (Å²) in [5.41, 5.74) is 0.840. The lowest BCUT2D eigenvalue weighted by molar-refractivity contribution is -0.268. The summed E-state index contributed by atoms with van der Waals surface area (Å²) in [6.45, 7) is 8.26. The van der Waals surface area contributed by atoms with Crippen LogP contribution in [0.4, 0.5) is 0 Å². The molecule has 5 atom stereocenters. The van der Waals surface area contributed by atoms with E-state index in [1.165, 1.54) is 6.20 Å². The molecule has 6 heteroatoms. The molecule has 3 N–H and O–H groups in total. The standard InChI is InChI=1S/C15H17NO5/c1-9-12(17)13(18)14(19)15(20-9)21-11-5-3-10(4-6-11)7-8-16-2/h3-9,12-15,17-19H,1H3/b8-7+. The fourth-order valence-corrected chi connectivity index (χ4v) is 2.03. The van der Waals surface area contributed by atoms with Crippen LogP contribution in [0.5, 0.6) is 5.75 Å². The quantitative estimate of drug-likeness (QED) is 0.717. The molecule has 1 aromatic rings. The van der Waals surface area contributed by atoms with Crippen molar-refractivity contribution in [3.8, 4) is 5.75 Å². The molecule has 0 amide bonds. The van der Waals surface area contributed by atoms with Crippen LogP contribution < -0.4 is 4.74 Å². The van der Waals surface area contributed by atoms with Gasteiger partial charge in [-0.15, -0.1) is 0 Å². The lowest BCUT2D eigenvalue weighted by Crippen LogP contribution is -2.58. The fourth-order valence-electron chi connectivity index (χ4n) is 2.03. The van der Waals surface area contributed by atoms with E-state index in [0.717, 1.165) is 5.56 Å². The van der Waals surface area contributed by atoms with Gasteiger partial charge in [0.2, 0.25) is 6.29 Å². The zero-order chi connectivity index (χ0) is 15.4. The molecule has 2 rings (SSSR count). The van der Waals surface area contributed by atoms with Crippen LogP contribution in [0, 0.1) is 6.57 Å². The molecule has 0 aromatic heterocycles. The Bertz CT molecular complexity index is 536. The molecule has 0 saturated carbocycles. The van der Waals surface area contributed by atoms with Gasteiger partial charge in [-0.05, 0) is 24.6 Å². The summed E-state index contributed by atoms with van der Waals surface area (Å²) in [6, 6.07) is 6.84. The Balaban J connectivity index is 2.04. The Morgan fingerprint density at radius 3 is 2.43 bits per heavy atom. The Morgan fingerprint density at radius 2 is 1.81 bits per heavy atom. The van der Waals surface area contributed by atoms with Crippen LogP contribution in [-0.2, 0) is 4.74 Å². The highest BCUT2D eigenvalue weighted by Crippen LogP contribution is 2.24. The minimum atomic E-state index is -1.34. The van der Waals surface area contributed by atoms with E-state index in [1.54, 1.807) is 37.3 Å². The second-order valence-corrected chi connectivity index (χ2v) is 4.81. The van der Waals surface area contributed by atoms with Crippen LogP contribution in [0.3, 0.4) is 0 Å². The minimum absolute atomic E-state index is 0.454. The lowest BCUT2D eigenvalue weighted by atomic mass is 10.00. The summed E-state index contributed by atoms with van der Waals surface area (Å²) >= 11 is 0. The molecule has 112 valence electrons. The first-order chi connectivity index (χ1) is 10.0. The van der Waals surface area contributed by atoms with Crippen LogP contribution in [0.15, 0.2) is 30.5 Å². The van der Waals surface area contributed by atoms with Gasteiger partial charge < -0.3 is 24.8 Å². The van der Waals surface area contributed by atoms with Crippen molar-refractivity contribution in [2.24, 2.45) is 0 Å². The summed E-state index contributed by atoms with van der Waals surface area (Å²) in [6.07, 6.45) is -2.50. The van der Waals surface area contributed by atoms with E-state index in [4.69, 9.17) is 16.0 Å². The maximum atomic E-state index is 9.85. The summed E-state index contributed by atoms with van der Waals surface area (Å²) < 4.78 is 10.8. The molecule has 1 fully saturated rings. The fraction of sp³-hybridized carbons (Fsp3) is 0.400. The zero-order valence-corrected chi connectivity index (χ0v) is 11.5. The Kier molecular flexibility index (Phi) is 4.94. The molecule has 1 heterocycles. The first kappa shape index (κ1) is 15.5. The van der Waals surface area contributed by atoms with Crippen LogP contribution in [0.1, 0.15) is 12.5 Å². The van der Waals surface area contributed by atoms with Crippen molar-refractivity contribution in [3.63, 3.8) is 0 Å². The van der Waals surface area contributed by atoms with Crippen LogP contribution in [0.25, 0.3) is 10.9 Å². The zero-order valence-electron chi connectivity index (χ0n) is 11.5. The van der Waals surface area contributed by atoms with Gasteiger partial charge in [-0.2, -0.15) is 0 Å². The molecule has 21 heavy (non-hydrogen) atoms. The summed E-state index contributed by atoms with van der Waals surface area (Å²) in [7, 11) is 0. The number of nitrogens with zero attached hydrogens (tertiary/aromatic N) is 1. The monoisotopic (exact) mass is 291 g/mol. The average Bonchev–Trinajstić information content (AvgIpc) is 2.50. The molecule has 0 bridgehead atoms. The van der Waals surface area contributed by atoms with E-state index in [0.29, 0.717) is 5.75 Å². The van der Waals surface area contributed by atoms with Gasteiger partial charge in [-0.1, -0.05) is 18.2 Å². The van der Waals surface area contributed by atoms with E-state index < -0.39 is 30.7 Å². The average molecular weight is 291 g/mol. The first-order valence-electron chi connectivity index (χ1n) is 6.52. The van der Waals surface area contributed by atoms with E-state index in [1.807, 2.05) is 0 Å². The van der Waals surface area contributed by atoms with Crippen molar-refractivity contribution in [1.82, 2.24) is 0 Å². The van der Waals surface area contributed by atoms with Crippen LogP contribution >= 0.6 is 0 Å². The molecular formula is C15H17NO5. The number of rotatable bonds is 3. The molecule has 6 nitrogen and oxygen atoms in total. The summed E-state index contributed by atoms with van der Waals surface area (Å²) in [4.78, 5) is 3.11. The lowest BCUT2D eigenvalue weighted by Gasteiger charge is -2.38. The number of ether oxygens (including phenoxy) is 2. The highest BCUT2D eigenvalue weighted by molar-refractivity contribution is 5.51. The highest BCUT2D eigenvalue weighted by atomic mass is 16.7. The molecule has 1 aromatic carbocycles. The Morgan fingerprint density at radius 1 is 1.14 bits per heavy atom. The third kappa shape index (κ3) is 3.60. The SMILES string of the molecule is [C-]#[N+]/C=C/c1ccc(OC2OC(C)C(O)C(O)C2O)cc1. The molecule has 0 aliphatic carbocycles. The van der Waals surface area contributed by atoms with Crippen molar-refractivity contribution >= 4 is 6.08 Å². The third-order valence-corrected chi connectivity index (χ3v) is 3.28. The van der Waals surface area contributed by atoms with Crippen molar-refractivity contribution in [2.45, 2.75) is 37.6 Å². The van der Waals surface area contributed by atoms with Gasteiger partial charge in [0.25, 0.3) is 0 Å². The van der Waals surface area contributed by atoms with Crippen LogP contribution in [0.2, 0.25) is 0 Å². The Hall–Kier alpha value is -1.91. The minimum Gasteiger partial charge on any atom is -0.462 e. The number of aliphatic hydroxyl groups excluding tert-OH is 3. The molecule has 1 saturated heterocycles. The maximum absolute atomic E-state index is 9.85. The van der Waals surface area contributed by atoms with Gasteiger partial charge >= 0.3 is 0 Å². The predicted molar refractivity (Wildman–Crippen MR) is 75.1 cm³/mol. The van der Waals surface area contributed by atoms with E-state index in [2.05, 4.69) is 4.85 Å². The number of hydrogen-bond donors (Lipinski definition) is 3. The number of aliphatic hydroxyl groups is 3. The largest absolute Gasteiger partial charge is 0.462 e. The molecule has 1 aliphatic heterocycles. The molecule has 0 radical (unpaired) electrons. The van der Waals surface area contributed by atoms with Gasteiger partial charge in [0.1, 0.15) is 24.1 Å². The second-order valence-electron chi connectivity index (χ2n) is 4.81. The molecule has 0 spiro atoms. The van der Waals surface area contributed by atoms with Crippen molar-refractivity contribution in [1.29, 1.82) is 0 Å². The van der Waals surface area contributed by atoms with Crippen molar-refractivity contribution in [2.75, 3.05) is 0 Å². The van der Waals surface area contributed by atoms with Gasteiger partial charge in [-0.3, -0.25) is 0 Å². The highest BCUT2D eigenvalue weighted by Gasteiger charge is 2.43. The topological polar surface area (TPSA) is 83.5 Å². The predicted octanol–water partition coefficient (Wildman–Crippen LogP) is 0.783. The third-order valence-electron chi connectivity index (χ3n) is 3.28. The summed E-state index contributed by atoms with van der Waals surface area (Å²) in [5.74, 6) is 0.454. The van der Waals surface area contributed by atoms with Gasteiger partial charge in [0.15, 0.2) is 6.20 Å². The first-order valence-corrected chi connectivity index (χ1v) is 6.52. The van der Waals surface area contributed by atoms with Crippen molar-refractivity contribution < 1.29 is 24.8 Å². The molecular weight excluding hydrogens is 274 g/mol. The normalized spacial score (nSPS) is 32.8. The second kappa shape index (κ2) is 6.70. The molecule has 1 aliphatic rings. The van der Waals surface area contributed by atoms with Gasteiger partial charge in [0, 0.05) is 0 Å². The Labute approximate surface area is 122 Å². The van der Waals surface area contributed by atoms with Crippen molar-refractivity contribution in [3.05, 3.63) is 47.4 Å². The van der Waals surface area contributed by atoms with Crippen LogP contribution in [-0.4, -0.2) is 46.0 Å². The van der Waals surface area contributed by atoms with E-state index in [-0.39, 0.29) is 0 Å². The smallest absolute Gasteiger partial charge is 0.229 e. The van der Waals surface area contributed by atoms with Gasteiger partial charge in [0.05, 0.1) is 12.7 Å². The number of benzene rings is 1. The van der Waals surface area contributed by atoms with Gasteiger partial charge in [-0.25, -0.2) is 4.85 Å². The molecule has 5 unspecified atom stereocenters. The maximum Gasteiger partial charge on any atom is 0.229 e. The number of hydrogen-bond acceptors (Lipinski definition) is 5. The van der Waals surface area contributed by atoms with E-state index in [9.17, 15) is 15.3 Å².